The Kier molecular flexibility index (Phi) is 6.00. The second-order valence-corrected chi connectivity index (χ2v) is 6.99. The van der Waals surface area contributed by atoms with Gasteiger partial charge in [0.15, 0.2) is 5.78 Å². The van der Waals surface area contributed by atoms with Crippen molar-refractivity contribution >= 4 is 34.7 Å². The van der Waals surface area contributed by atoms with E-state index in [9.17, 15) is 24.8 Å². The predicted molar refractivity (Wildman–Crippen MR) is 113 cm³/mol. The fourth-order valence-electron chi connectivity index (χ4n) is 2.86. The van der Waals surface area contributed by atoms with Crippen molar-refractivity contribution in [2.75, 3.05) is 5.32 Å². The van der Waals surface area contributed by atoms with E-state index in [-0.39, 0.29) is 33.3 Å². The highest BCUT2D eigenvalue weighted by atomic mass is 35.5. The molecule has 3 aromatic rings. The van der Waals surface area contributed by atoms with E-state index in [4.69, 9.17) is 16.9 Å². The minimum absolute atomic E-state index is 0.0522. The number of aryl methyl sites for hydroxylation is 1. The molecular weight excluding hydrogens is 422 g/mol. The minimum atomic E-state index is -0.745. The number of nitriles is 1. The van der Waals surface area contributed by atoms with Crippen molar-refractivity contribution in [3.63, 3.8) is 0 Å². The van der Waals surface area contributed by atoms with Crippen molar-refractivity contribution in [1.29, 1.82) is 5.26 Å². The van der Waals surface area contributed by atoms with Gasteiger partial charge in [0, 0.05) is 23.3 Å². The van der Waals surface area contributed by atoms with Crippen LogP contribution in [0.4, 0.5) is 11.4 Å². The van der Waals surface area contributed by atoms with Crippen LogP contribution in [0.2, 0.25) is 5.02 Å². The van der Waals surface area contributed by atoms with E-state index >= 15 is 0 Å². The number of hydrogen-bond acceptors (Lipinski definition) is 6. The summed E-state index contributed by atoms with van der Waals surface area (Å²) in [6, 6.07) is 14.2. The number of amides is 1. The monoisotopic (exact) mass is 435 g/mol. The van der Waals surface area contributed by atoms with Gasteiger partial charge in [-0.25, -0.2) is 0 Å². The van der Waals surface area contributed by atoms with Gasteiger partial charge >= 0.3 is 0 Å². The van der Waals surface area contributed by atoms with E-state index < -0.39 is 16.6 Å². The molecule has 0 unspecified atom stereocenters. The lowest BCUT2D eigenvalue weighted by molar-refractivity contribution is -0.384. The molecular formula is C22H14ClN3O5. The first-order valence-corrected chi connectivity index (χ1v) is 9.23. The van der Waals surface area contributed by atoms with E-state index in [2.05, 4.69) is 5.32 Å². The summed E-state index contributed by atoms with van der Waals surface area (Å²) in [5.74, 6) is -1.45. The van der Waals surface area contributed by atoms with Crippen LogP contribution in [0.1, 0.15) is 37.4 Å². The molecule has 9 heteroatoms. The number of carbonyl (C=O) groups excluding carboxylic acids is 2. The number of halogens is 1. The van der Waals surface area contributed by atoms with Gasteiger partial charge in [-0.1, -0.05) is 11.6 Å². The second-order valence-electron chi connectivity index (χ2n) is 6.58. The SMILES string of the molecule is Cc1cc(C(=O)c2ccc(C#N)cc2)cc(C(=O)Nc2ccc([N+](=O)[O-])cc2Cl)c1O. The van der Waals surface area contributed by atoms with Crippen molar-refractivity contribution in [2.45, 2.75) is 6.92 Å². The summed E-state index contributed by atoms with van der Waals surface area (Å²) in [5.41, 5.74) is 0.896. The third kappa shape index (κ3) is 4.52. The van der Waals surface area contributed by atoms with Crippen molar-refractivity contribution in [3.05, 3.63) is 97.6 Å². The molecule has 0 bridgehead atoms. The Hall–Kier alpha value is -4.22. The van der Waals surface area contributed by atoms with Gasteiger partial charge in [0.05, 0.1) is 32.8 Å². The van der Waals surface area contributed by atoms with Crippen LogP contribution in [-0.4, -0.2) is 21.7 Å². The van der Waals surface area contributed by atoms with Crippen LogP contribution in [0.5, 0.6) is 5.75 Å². The van der Waals surface area contributed by atoms with Gasteiger partial charge in [0.25, 0.3) is 11.6 Å². The number of anilines is 1. The summed E-state index contributed by atoms with van der Waals surface area (Å²) >= 11 is 6.00. The second kappa shape index (κ2) is 8.65. The molecule has 0 aromatic heterocycles. The Morgan fingerprint density at radius 2 is 1.77 bits per heavy atom. The number of nitrogens with zero attached hydrogens (tertiary/aromatic N) is 2. The Morgan fingerprint density at radius 1 is 1.10 bits per heavy atom. The van der Waals surface area contributed by atoms with Crippen molar-refractivity contribution < 1.29 is 19.6 Å². The molecule has 0 aliphatic heterocycles. The molecule has 0 radical (unpaired) electrons. The first-order valence-electron chi connectivity index (χ1n) is 8.85. The molecule has 154 valence electrons. The molecule has 3 rings (SSSR count). The normalized spacial score (nSPS) is 10.2. The number of ketones is 1. The first kappa shape index (κ1) is 21.5. The van der Waals surface area contributed by atoms with Gasteiger partial charge in [0.2, 0.25) is 0 Å². The third-order valence-corrected chi connectivity index (χ3v) is 4.81. The van der Waals surface area contributed by atoms with E-state index in [1.54, 1.807) is 6.92 Å². The maximum Gasteiger partial charge on any atom is 0.271 e. The Labute approximate surface area is 181 Å². The quantitative estimate of drug-likeness (QED) is 0.341. The average molecular weight is 436 g/mol. The number of non-ortho nitro benzene ring substituents is 1. The fourth-order valence-corrected chi connectivity index (χ4v) is 3.08. The lowest BCUT2D eigenvalue weighted by Gasteiger charge is -2.12. The lowest BCUT2D eigenvalue weighted by Crippen LogP contribution is -2.14. The molecule has 1 amide bonds. The van der Waals surface area contributed by atoms with Crippen molar-refractivity contribution in [3.8, 4) is 11.8 Å². The van der Waals surface area contributed by atoms with E-state index in [1.165, 1.54) is 48.5 Å². The summed E-state index contributed by atoms with van der Waals surface area (Å²) < 4.78 is 0. The first-order chi connectivity index (χ1) is 14.7. The number of nitrogens with one attached hydrogen (secondary N) is 1. The number of hydrogen-bond donors (Lipinski definition) is 2. The lowest BCUT2D eigenvalue weighted by atomic mass is 9.97. The summed E-state index contributed by atoms with van der Waals surface area (Å²) in [4.78, 5) is 35.8. The standard InChI is InChI=1S/C22H14ClN3O5/c1-12-8-15(21(28)14-4-2-13(11-24)3-5-14)9-17(20(12)27)22(29)25-19-7-6-16(26(30)31)10-18(19)23/h2-10,27H,1H3,(H,25,29). The number of benzene rings is 3. The average Bonchev–Trinajstić information content (AvgIpc) is 2.76. The van der Waals surface area contributed by atoms with Gasteiger partial charge in [-0.15, -0.1) is 0 Å². The number of nitro groups is 1. The fraction of sp³-hybridized carbons (Fsp3) is 0.0455. The highest BCUT2D eigenvalue weighted by Gasteiger charge is 2.20. The van der Waals surface area contributed by atoms with Gasteiger partial charge in [-0.05, 0) is 55.0 Å². The highest BCUT2D eigenvalue weighted by Crippen LogP contribution is 2.30. The molecule has 0 atom stereocenters. The topological polar surface area (TPSA) is 133 Å². The van der Waals surface area contributed by atoms with Crippen LogP contribution < -0.4 is 5.32 Å². The minimum Gasteiger partial charge on any atom is -0.507 e. The van der Waals surface area contributed by atoms with Crippen LogP contribution in [0.15, 0.2) is 54.6 Å². The summed E-state index contributed by atoms with van der Waals surface area (Å²) in [6.45, 7) is 1.54. The predicted octanol–water partition coefficient (Wildman–Crippen LogP) is 4.62. The Bertz CT molecular complexity index is 1260. The Morgan fingerprint density at radius 3 is 2.35 bits per heavy atom. The largest absolute Gasteiger partial charge is 0.507 e. The smallest absolute Gasteiger partial charge is 0.271 e. The molecule has 3 aromatic carbocycles. The summed E-state index contributed by atoms with van der Waals surface area (Å²) in [6.07, 6.45) is 0. The molecule has 0 aliphatic rings. The highest BCUT2D eigenvalue weighted by molar-refractivity contribution is 6.34. The number of carbonyl (C=O) groups is 2. The van der Waals surface area contributed by atoms with Crippen LogP contribution in [0.25, 0.3) is 0 Å². The van der Waals surface area contributed by atoms with E-state index in [1.807, 2.05) is 6.07 Å². The molecule has 0 spiro atoms. The van der Waals surface area contributed by atoms with Crippen LogP contribution in [-0.2, 0) is 0 Å². The van der Waals surface area contributed by atoms with Crippen molar-refractivity contribution in [1.82, 2.24) is 0 Å². The maximum atomic E-state index is 12.8. The molecule has 0 fully saturated rings. The molecule has 0 heterocycles. The third-order valence-electron chi connectivity index (χ3n) is 4.50. The zero-order valence-electron chi connectivity index (χ0n) is 16.0. The number of phenols is 1. The molecule has 0 saturated heterocycles. The van der Waals surface area contributed by atoms with Crippen LogP contribution in [0.3, 0.4) is 0 Å². The number of phenolic OH excluding ortho intramolecular Hbond substituents is 1. The number of rotatable bonds is 5. The maximum absolute atomic E-state index is 12.8. The van der Waals surface area contributed by atoms with Gasteiger partial charge in [0.1, 0.15) is 5.75 Å². The van der Waals surface area contributed by atoms with Crippen molar-refractivity contribution in [2.24, 2.45) is 0 Å². The Balaban J connectivity index is 1.93. The van der Waals surface area contributed by atoms with E-state index in [0.717, 1.165) is 6.07 Å². The van der Waals surface area contributed by atoms with Gasteiger partial charge in [-0.2, -0.15) is 5.26 Å². The number of nitro benzene ring substituents is 1. The summed E-state index contributed by atoms with van der Waals surface area (Å²) in [5, 5.41) is 32.5. The van der Waals surface area contributed by atoms with Crippen LogP contribution in [0, 0.1) is 28.4 Å². The van der Waals surface area contributed by atoms with Crippen LogP contribution >= 0.6 is 11.6 Å². The van der Waals surface area contributed by atoms with Gasteiger partial charge < -0.3 is 10.4 Å². The van der Waals surface area contributed by atoms with Gasteiger partial charge in [-0.3, -0.25) is 19.7 Å². The van der Waals surface area contributed by atoms with E-state index in [0.29, 0.717) is 16.7 Å². The molecule has 31 heavy (non-hydrogen) atoms. The number of aromatic hydroxyl groups is 1. The summed E-state index contributed by atoms with van der Waals surface area (Å²) in [7, 11) is 0. The zero-order chi connectivity index (χ0) is 22.7. The zero-order valence-corrected chi connectivity index (χ0v) is 16.8. The molecule has 2 N–H and O–H groups in total. The molecule has 8 nitrogen and oxygen atoms in total. The molecule has 0 aliphatic carbocycles. The molecule has 0 saturated carbocycles.